The second-order valence-electron chi connectivity index (χ2n) is 6.76. The summed E-state index contributed by atoms with van der Waals surface area (Å²) in [6.07, 6.45) is 0.209. The number of ether oxygens (including phenoxy) is 3. The van der Waals surface area contributed by atoms with E-state index in [0.717, 1.165) is 0 Å². The number of aromatic nitrogens is 3. The third kappa shape index (κ3) is 7.21. The number of nitrogens with one attached hydrogen (secondary N) is 1. The Morgan fingerprint density at radius 1 is 1.18 bits per heavy atom. The Morgan fingerprint density at radius 2 is 2.00 bits per heavy atom. The maximum Gasteiger partial charge on any atom is 0.411 e. The first-order valence-corrected chi connectivity index (χ1v) is 9.96. The van der Waals surface area contributed by atoms with E-state index in [1.54, 1.807) is 37.4 Å². The third-order valence-electron chi connectivity index (χ3n) is 4.16. The number of nitrogens with zero attached hydrogens (tertiary/aromatic N) is 3. The van der Waals surface area contributed by atoms with E-state index in [-0.39, 0.29) is 18.2 Å². The van der Waals surface area contributed by atoms with Gasteiger partial charge in [-0.05, 0) is 31.2 Å². The van der Waals surface area contributed by atoms with Crippen LogP contribution in [0.3, 0.4) is 0 Å². The van der Waals surface area contributed by atoms with Crippen LogP contribution in [0.4, 0.5) is 24.8 Å². The standard InChI is InChI=1S/C22H23F3N4O4/c1-4-31-8-7-16-9-17(12-32-13-22(23,24)25)29-21(28-16)27-15-5-6-18(19(10-15)30-3)20-11-26-14(2)33-20/h5-11H,4,12-13H2,1-3H3,(H,27,28,29). The zero-order chi connectivity index (χ0) is 23.8. The number of anilines is 2. The van der Waals surface area contributed by atoms with E-state index in [0.29, 0.717) is 41.0 Å². The Bertz CT molecular complexity index is 1100. The number of halogens is 3. The van der Waals surface area contributed by atoms with Gasteiger partial charge in [-0.15, -0.1) is 0 Å². The predicted octanol–water partition coefficient (Wildman–Crippen LogP) is 5.28. The van der Waals surface area contributed by atoms with Crippen molar-refractivity contribution in [1.29, 1.82) is 0 Å². The van der Waals surface area contributed by atoms with Gasteiger partial charge >= 0.3 is 6.18 Å². The molecule has 2 heterocycles. The molecule has 0 unspecified atom stereocenters. The zero-order valence-electron chi connectivity index (χ0n) is 18.3. The third-order valence-corrected chi connectivity index (χ3v) is 4.16. The number of hydrogen-bond donors (Lipinski definition) is 1. The van der Waals surface area contributed by atoms with Gasteiger partial charge in [0.2, 0.25) is 5.95 Å². The fourth-order valence-corrected chi connectivity index (χ4v) is 2.81. The number of methoxy groups -OCH3 is 1. The van der Waals surface area contributed by atoms with Crippen molar-refractivity contribution in [2.24, 2.45) is 0 Å². The van der Waals surface area contributed by atoms with Crippen molar-refractivity contribution in [3.05, 3.63) is 54.0 Å². The summed E-state index contributed by atoms with van der Waals surface area (Å²) in [4.78, 5) is 12.7. The van der Waals surface area contributed by atoms with Crippen molar-refractivity contribution < 1.29 is 31.8 Å². The van der Waals surface area contributed by atoms with E-state index >= 15 is 0 Å². The quantitative estimate of drug-likeness (QED) is 0.406. The molecule has 176 valence electrons. The molecule has 0 amide bonds. The van der Waals surface area contributed by atoms with E-state index in [1.165, 1.54) is 19.4 Å². The summed E-state index contributed by atoms with van der Waals surface area (Å²) in [5.74, 6) is 1.78. The lowest BCUT2D eigenvalue weighted by Crippen LogP contribution is -2.17. The zero-order valence-corrected chi connectivity index (χ0v) is 18.3. The lowest BCUT2D eigenvalue weighted by molar-refractivity contribution is -0.176. The number of oxazole rings is 1. The maximum atomic E-state index is 12.4. The van der Waals surface area contributed by atoms with Crippen molar-refractivity contribution >= 4 is 17.7 Å². The van der Waals surface area contributed by atoms with Crippen LogP contribution < -0.4 is 10.1 Å². The average molecular weight is 464 g/mol. The summed E-state index contributed by atoms with van der Waals surface area (Å²) in [6, 6.07) is 6.79. The normalized spacial score (nSPS) is 11.7. The molecule has 1 aromatic carbocycles. The van der Waals surface area contributed by atoms with Crippen LogP contribution in [-0.4, -0.2) is 41.5 Å². The first kappa shape index (κ1) is 24.1. The molecule has 3 aromatic rings. The van der Waals surface area contributed by atoms with E-state index in [4.69, 9.17) is 18.6 Å². The van der Waals surface area contributed by atoms with Gasteiger partial charge in [-0.2, -0.15) is 13.2 Å². The van der Waals surface area contributed by atoms with Gasteiger partial charge in [-0.3, -0.25) is 0 Å². The maximum absolute atomic E-state index is 12.4. The molecule has 2 aromatic heterocycles. The average Bonchev–Trinajstić information content (AvgIpc) is 3.19. The topological polar surface area (TPSA) is 91.5 Å². The molecule has 0 atom stereocenters. The molecule has 3 rings (SSSR count). The number of hydrogen-bond acceptors (Lipinski definition) is 8. The number of aryl methyl sites for hydroxylation is 1. The molecular formula is C22H23F3N4O4. The Kier molecular flexibility index (Phi) is 7.88. The number of alkyl halides is 3. The van der Waals surface area contributed by atoms with Gasteiger partial charge in [0.25, 0.3) is 0 Å². The van der Waals surface area contributed by atoms with Crippen LogP contribution >= 0.6 is 0 Å². The van der Waals surface area contributed by atoms with E-state index in [9.17, 15) is 13.2 Å². The molecule has 0 bridgehead atoms. The molecule has 8 nitrogen and oxygen atoms in total. The smallest absolute Gasteiger partial charge is 0.411 e. The molecule has 0 saturated carbocycles. The Hall–Kier alpha value is -3.60. The fraction of sp³-hybridized carbons (Fsp3) is 0.318. The Balaban J connectivity index is 1.84. The van der Waals surface area contributed by atoms with Crippen LogP contribution in [0, 0.1) is 6.92 Å². The fourth-order valence-electron chi connectivity index (χ4n) is 2.81. The van der Waals surface area contributed by atoms with Crippen LogP contribution in [0.15, 0.2) is 41.1 Å². The van der Waals surface area contributed by atoms with Crippen molar-refractivity contribution in [3.63, 3.8) is 0 Å². The highest BCUT2D eigenvalue weighted by Crippen LogP contribution is 2.33. The van der Waals surface area contributed by atoms with Crippen LogP contribution in [0.5, 0.6) is 5.75 Å². The highest BCUT2D eigenvalue weighted by molar-refractivity contribution is 5.71. The van der Waals surface area contributed by atoms with Gasteiger partial charge in [0.1, 0.15) is 12.4 Å². The van der Waals surface area contributed by atoms with Gasteiger partial charge in [0.05, 0.1) is 49.7 Å². The second-order valence-corrected chi connectivity index (χ2v) is 6.76. The number of rotatable bonds is 10. The van der Waals surface area contributed by atoms with Crippen molar-refractivity contribution in [2.75, 3.05) is 25.6 Å². The molecule has 1 N–H and O–H groups in total. The molecule has 11 heteroatoms. The molecule has 0 aliphatic rings. The van der Waals surface area contributed by atoms with E-state index in [1.807, 2.05) is 6.92 Å². The number of benzene rings is 1. The van der Waals surface area contributed by atoms with Gasteiger partial charge in [0, 0.05) is 18.7 Å². The minimum absolute atomic E-state index is 0.171. The second kappa shape index (κ2) is 10.8. The molecule has 0 aliphatic carbocycles. The minimum Gasteiger partial charge on any atom is -0.501 e. The first-order chi connectivity index (χ1) is 15.8. The lowest BCUT2D eigenvalue weighted by Gasteiger charge is -2.12. The Labute approximate surface area is 188 Å². The van der Waals surface area contributed by atoms with Crippen molar-refractivity contribution in [1.82, 2.24) is 15.0 Å². The SMILES string of the molecule is CCOC=Cc1cc(COCC(F)(F)F)nc(Nc2ccc(-c3cnc(C)o3)c(OC)c2)n1. The molecule has 0 fully saturated rings. The molecule has 0 aliphatic heterocycles. The highest BCUT2D eigenvalue weighted by atomic mass is 19.4. The molecule has 33 heavy (non-hydrogen) atoms. The molecular weight excluding hydrogens is 441 g/mol. The summed E-state index contributed by atoms with van der Waals surface area (Å²) in [5.41, 5.74) is 2.01. The van der Waals surface area contributed by atoms with Crippen LogP contribution in [0.25, 0.3) is 17.4 Å². The van der Waals surface area contributed by atoms with E-state index < -0.39 is 12.8 Å². The van der Waals surface area contributed by atoms with Crippen LogP contribution in [0.1, 0.15) is 24.2 Å². The molecule has 0 spiro atoms. The molecule has 0 radical (unpaired) electrons. The highest BCUT2D eigenvalue weighted by Gasteiger charge is 2.27. The van der Waals surface area contributed by atoms with E-state index in [2.05, 4.69) is 20.3 Å². The minimum atomic E-state index is -4.42. The largest absolute Gasteiger partial charge is 0.501 e. The summed E-state index contributed by atoms with van der Waals surface area (Å²) < 4.78 is 58.2. The predicted molar refractivity (Wildman–Crippen MR) is 115 cm³/mol. The lowest BCUT2D eigenvalue weighted by atomic mass is 10.1. The summed E-state index contributed by atoms with van der Waals surface area (Å²) in [5, 5.41) is 3.04. The van der Waals surface area contributed by atoms with Gasteiger partial charge in [0.15, 0.2) is 11.7 Å². The van der Waals surface area contributed by atoms with Gasteiger partial charge < -0.3 is 23.9 Å². The van der Waals surface area contributed by atoms with Crippen LogP contribution in [0.2, 0.25) is 0 Å². The Morgan fingerprint density at radius 3 is 2.67 bits per heavy atom. The van der Waals surface area contributed by atoms with Crippen molar-refractivity contribution in [2.45, 2.75) is 26.6 Å². The molecule has 0 saturated heterocycles. The summed E-state index contributed by atoms with van der Waals surface area (Å²) in [6.45, 7) is 2.32. The summed E-state index contributed by atoms with van der Waals surface area (Å²) >= 11 is 0. The monoisotopic (exact) mass is 464 g/mol. The summed E-state index contributed by atoms with van der Waals surface area (Å²) in [7, 11) is 1.53. The van der Waals surface area contributed by atoms with Crippen molar-refractivity contribution in [3.8, 4) is 17.1 Å². The van der Waals surface area contributed by atoms with Crippen LogP contribution in [-0.2, 0) is 16.1 Å². The van der Waals surface area contributed by atoms with Gasteiger partial charge in [-0.25, -0.2) is 15.0 Å². The van der Waals surface area contributed by atoms with Gasteiger partial charge in [-0.1, -0.05) is 0 Å². The first-order valence-electron chi connectivity index (χ1n) is 9.96.